The summed E-state index contributed by atoms with van der Waals surface area (Å²) < 4.78 is 0.864. The topological polar surface area (TPSA) is 123 Å². The number of carbonyl (C=O) groups is 2. The van der Waals surface area contributed by atoms with Crippen LogP contribution >= 0.6 is 0 Å². The van der Waals surface area contributed by atoms with Crippen LogP contribution in [0.3, 0.4) is 0 Å². The van der Waals surface area contributed by atoms with Gasteiger partial charge in [0, 0.05) is 18.7 Å². The van der Waals surface area contributed by atoms with Crippen molar-refractivity contribution < 1.29 is 14.5 Å². The molecular formula is C12H16N4O5. The van der Waals surface area contributed by atoms with E-state index in [9.17, 15) is 24.5 Å². The molecule has 0 aromatic carbocycles. The van der Waals surface area contributed by atoms with Gasteiger partial charge in [-0.1, -0.05) is 13.8 Å². The second-order valence-electron chi connectivity index (χ2n) is 4.76. The summed E-state index contributed by atoms with van der Waals surface area (Å²) in [4.78, 5) is 44.4. The van der Waals surface area contributed by atoms with Crippen molar-refractivity contribution in [1.82, 2.24) is 15.2 Å². The predicted molar refractivity (Wildman–Crippen MR) is 73.7 cm³/mol. The highest BCUT2D eigenvalue weighted by Crippen LogP contribution is 2.05. The summed E-state index contributed by atoms with van der Waals surface area (Å²) in [6.07, 6.45) is 0.952. The van der Waals surface area contributed by atoms with Crippen LogP contribution < -0.4 is 16.2 Å². The molecule has 0 unspecified atom stereocenters. The Hall–Kier alpha value is -2.71. The molecule has 0 spiro atoms. The van der Waals surface area contributed by atoms with E-state index in [1.165, 1.54) is 0 Å². The molecule has 2 N–H and O–H groups in total. The van der Waals surface area contributed by atoms with Crippen LogP contribution in [-0.2, 0) is 11.3 Å². The molecule has 9 heteroatoms. The minimum Gasteiger partial charge on any atom is -0.338 e. The molecule has 0 aliphatic carbocycles. The summed E-state index contributed by atoms with van der Waals surface area (Å²) in [6, 6.07) is 1.36. The lowest BCUT2D eigenvalue weighted by molar-refractivity contribution is -0.385. The first kappa shape index (κ1) is 16.3. The van der Waals surface area contributed by atoms with Crippen molar-refractivity contribution in [2.24, 2.45) is 5.92 Å². The molecule has 0 aliphatic heterocycles. The number of amides is 3. The molecule has 1 heterocycles. The van der Waals surface area contributed by atoms with E-state index in [2.05, 4.69) is 5.32 Å². The molecule has 1 rings (SSSR count). The maximum atomic E-state index is 11.6. The van der Waals surface area contributed by atoms with Crippen LogP contribution in [0.2, 0.25) is 0 Å². The molecule has 0 saturated heterocycles. The van der Waals surface area contributed by atoms with E-state index in [1.807, 2.05) is 19.2 Å². The van der Waals surface area contributed by atoms with Crippen molar-refractivity contribution >= 4 is 17.6 Å². The quantitative estimate of drug-likeness (QED) is 0.595. The molecule has 1 aromatic rings. The predicted octanol–water partition coefficient (Wildman–Crippen LogP) is 0.238. The molecule has 9 nitrogen and oxygen atoms in total. The molecule has 0 bridgehead atoms. The van der Waals surface area contributed by atoms with Gasteiger partial charge in [-0.3, -0.25) is 29.6 Å². The van der Waals surface area contributed by atoms with Gasteiger partial charge in [0.1, 0.15) is 6.54 Å². The third-order valence-corrected chi connectivity index (χ3v) is 2.42. The van der Waals surface area contributed by atoms with Crippen molar-refractivity contribution in [3.8, 4) is 0 Å². The molecule has 0 atom stereocenters. The van der Waals surface area contributed by atoms with Gasteiger partial charge in [0.2, 0.25) is 5.91 Å². The number of aromatic nitrogens is 1. The fraction of sp³-hybridized carbons (Fsp3) is 0.417. The Bertz CT molecular complexity index is 608. The number of hydrogen-bond donors (Lipinski definition) is 2. The number of urea groups is 1. The molecule has 0 fully saturated rings. The average molecular weight is 296 g/mol. The molecule has 21 heavy (non-hydrogen) atoms. The summed E-state index contributed by atoms with van der Waals surface area (Å²) >= 11 is 0. The van der Waals surface area contributed by atoms with Crippen LogP contribution in [0, 0.1) is 16.0 Å². The van der Waals surface area contributed by atoms with Crippen molar-refractivity contribution in [3.63, 3.8) is 0 Å². The van der Waals surface area contributed by atoms with Gasteiger partial charge in [0.05, 0.1) is 11.1 Å². The molecule has 0 radical (unpaired) electrons. The largest absolute Gasteiger partial charge is 0.338 e. The van der Waals surface area contributed by atoms with Crippen molar-refractivity contribution in [2.45, 2.75) is 20.4 Å². The van der Waals surface area contributed by atoms with Gasteiger partial charge >= 0.3 is 6.03 Å². The van der Waals surface area contributed by atoms with E-state index in [1.54, 1.807) is 0 Å². The Kier molecular flexibility index (Phi) is 5.58. The molecule has 0 saturated carbocycles. The first-order valence-electron chi connectivity index (χ1n) is 6.22. The van der Waals surface area contributed by atoms with E-state index >= 15 is 0 Å². The second kappa shape index (κ2) is 7.17. The minimum atomic E-state index is -0.737. The Balaban J connectivity index is 2.66. The fourth-order valence-electron chi connectivity index (χ4n) is 1.41. The summed E-state index contributed by atoms with van der Waals surface area (Å²) in [6.45, 7) is 3.71. The second-order valence-corrected chi connectivity index (χ2v) is 4.76. The fourth-order valence-corrected chi connectivity index (χ4v) is 1.41. The maximum Gasteiger partial charge on any atom is 0.321 e. The summed E-state index contributed by atoms with van der Waals surface area (Å²) in [5.41, 5.74) is -0.884. The van der Waals surface area contributed by atoms with Gasteiger partial charge in [0.25, 0.3) is 11.2 Å². The first-order valence-corrected chi connectivity index (χ1v) is 6.22. The van der Waals surface area contributed by atoms with Gasteiger partial charge in [-0.05, 0) is 5.92 Å². The average Bonchev–Trinajstić information content (AvgIpc) is 2.38. The third kappa shape index (κ3) is 5.43. The van der Waals surface area contributed by atoms with Crippen LogP contribution in [0.5, 0.6) is 0 Å². The molecular weight excluding hydrogens is 280 g/mol. The number of carbonyl (C=O) groups excluding carboxylic acids is 2. The van der Waals surface area contributed by atoms with Crippen LogP contribution in [-0.4, -0.2) is 28.0 Å². The Labute approximate surface area is 120 Å². The summed E-state index contributed by atoms with van der Waals surface area (Å²) in [5, 5.41) is 15.1. The minimum absolute atomic E-state index is 0.227. The van der Waals surface area contributed by atoms with E-state index in [0.717, 1.165) is 22.9 Å². The van der Waals surface area contributed by atoms with E-state index in [4.69, 9.17) is 0 Å². The lowest BCUT2D eigenvalue weighted by Crippen LogP contribution is -2.43. The van der Waals surface area contributed by atoms with Crippen molar-refractivity contribution in [1.29, 1.82) is 0 Å². The normalized spacial score (nSPS) is 10.2. The van der Waals surface area contributed by atoms with Gasteiger partial charge in [-0.15, -0.1) is 0 Å². The number of hydrogen-bond acceptors (Lipinski definition) is 5. The Morgan fingerprint density at radius 2 is 2.05 bits per heavy atom. The number of nitrogens with one attached hydrogen (secondary N) is 2. The zero-order valence-corrected chi connectivity index (χ0v) is 11.7. The van der Waals surface area contributed by atoms with Crippen molar-refractivity contribution in [3.05, 3.63) is 38.8 Å². The Morgan fingerprint density at radius 3 is 2.62 bits per heavy atom. The van der Waals surface area contributed by atoms with E-state index in [-0.39, 0.29) is 11.6 Å². The zero-order chi connectivity index (χ0) is 16.0. The lowest BCUT2D eigenvalue weighted by atomic mass is 10.2. The van der Waals surface area contributed by atoms with Crippen LogP contribution in [0.25, 0.3) is 0 Å². The molecule has 0 aliphatic rings. The molecule has 114 valence electrons. The van der Waals surface area contributed by atoms with Gasteiger partial charge in [-0.25, -0.2) is 4.79 Å². The maximum absolute atomic E-state index is 11.6. The smallest absolute Gasteiger partial charge is 0.321 e. The van der Waals surface area contributed by atoms with E-state index < -0.39 is 29.0 Å². The van der Waals surface area contributed by atoms with Crippen LogP contribution in [0.1, 0.15) is 13.8 Å². The van der Waals surface area contributed by atoms with Gasteiger partial charge < -0.3 is 5.32 Å². The highest BCUT2D eigenvalue weighted by molar-refractivity contribution is 5.94. The monoisotopic (exact) mass is 296 g/mol. The number of rotatable bonds is 5. The van der Waals surface area contributed by atoms with Crippen LogP contribution in [0.15, 0.2) is 23.1 Å². The highest BCUT2D eigenvalue weighted by atomic mass is 16.6. The van der Waals surface area contributed by atoms with Crippen LogP contribution in [0.4, 0.5) is 10.5 Å². The molecule has 3 amide bonds. The lowest BCUT2D eigenvalue weighted by Gasteiger charge is -2.09. The Morgan fingerprint density at radius 1 is 1.38 bits per heavy atom. The van der Waals surface area contributed by atoms with Crippen molar-refractivity contribution in [2.75, 3.05) is 6.54 Å². The van der Waals surface area contributed by atoms with E-state index in [0.29, 0.717) is 6.54 Å². The standard InChI is InChI=1S/C12H16N4O5/c1-8(2)5-13-12(19)14-10(17)7-15-6-9(16(20)21)3-4-11(15)18/h3-4,6,8H,5,7H2,1-2H3,(H2,13,14,17,19). The van der Waals surface area contributed by atoms with Gasteiger partial charge in [0.15, 0.2) is 0 Å². The summed E-state index contributed by atoms with van der Waals surface area (Å²) in [5.74, 6) is -0.510. The number of nitro groups is 1. The zero-order valence-electron chi connectivity index (χ0n) is 11.7. The molecule has 1 aromatic heterocycles. The number of pyridine rings is 1. The first-order chi connectivity index (χ1) is 9.79. The van der Waals surface area contributed by atoms with Gasteiger partial charge in [-0.2, -0.15) is 0 Å². The number of nitrogens with zero attached hydrogens (tertiary/aromatic N) is 2. The highest BCUT2D eigenvalue weighted by Gasteiger charge is 2.12. The summed E-state index contributed by atoms with van der Waals surface area (Å²) in [7, 11) is 0. The SMILES string of the molecule is CC(C)CNC(=O)NC(=O)Cn1cc([N+](=O)[O-])ccc1=O. The number of imide groups is 1. The third-order valence-electron chi connectivity index (χ3n) is 2.42.